The van der Waals surface area contributed by atoms with E-state index in [2.05, 4.69) is 19.6 Å². The number of carbonyl (C=O) groups excluding carboxylic acids is 1. The lowest BCUT2D eigenvalue weighted by atomic mass is 9.95. The molecule has 5 rings (SSSR count). The minimum Gasteiger partial charge on any atom is -0.477 e. The number of nitrogens with one attached hydrogen (secondary N) is 1. The van der Waals surface area contributed by atoms with Crippen molar-refractivity contribution in [2.24, 2.45) is 5.92 Å². The van der Waals surface area contributed by atoms with E-state index in [1.54, 1.807) is 30.5 Å². The first-order chi connectivity index (χ1) is 17.2. The Balaban J connectivity index is 1.48. The van der Waals surface area contributed by atoms with Gasteiger partial charge in [-0.3, -0.25) is 9.78 Å². The number of hydrogen-bond donors (Lipinski definition) is 1. The number of carbonyl (C=O) groups is 1. The molecule has 0 bridgehead atoms. The van der Waals surface area contributed by atoms with Crippen LogP contribution in [-0.2, 0) is 20.2 Å². The number of rotatable bonds is 8. The van der Waals surface area contributed by atoms with E-state index in [1.807, 2.05) is 26.8 Å². The molecule has 36 heavy (non-hydrogen) atoms. The Hall–Kier alpha value is -3.20. The summed E-state index contributed by atoms with van der Waals surface area (Å²) in [6, 6.07) is 10.4. The lowest BCUT2D eigenvalue weighted by Crippen LogP contribution is -2.39. The average molecular weight is 509 g/mol. The lowest BCUT2D eigenvalue weighted by Gasteiger charge is -2.23. The molecule has 0 unspecified atom stereocenters. The minimum atomic E-state index is -4.13. The molecule has 1 N–H and O–H groups in total. The SMILES string of the molecule is Cc1ccc2c(S(=O)(=O)NC(=O)C3(c4cc(N5CCCC5)cnc4OCC(C)C)CC3)cccc2n1. The first-order valence-corrected chi connectivity index (χ1v) is 14.0. The zero-order valence-electron chi connectivity index (χ0n) is 21.0. The topological polar surface area (TPSA) is 101 Å². The van der Waals surface area contributed by atoms with Crippen LogP contribution in [0.5, 0.6) is 5.88 Å². The maximum Gasteiger partial charge on any atom is 0.264 e. The Morgan fingerprint density at radius 1 is 1.17 bits per heavy atom. The Morgan fingerprint density at radius 3 is 2.61 bits per heavy atom. The van der Waals surface area contributed by atoms with Crippen LogP contribution >= 0.6 is 0 Å². The Labute approximate surface area is 212 Å². The molecule has 2 aliphatic rings. The van der Waals surface area contributed by atoms with Crippen LogP contribution in [0.3, 0.4) is 0 Å². The zero-order chi connectivity index (χ0) is 25.5. The summed E-state index contributed by atoms with van der Waals surface area (Å²) in [6.45, 7) is 8.28. The molecule has 2 aromatic heterocycles. The molecule has 0 radical (unpaired) electrons. The molecule has 1 aromatic carbocycles. The summed E-state index contributed by atoms with van der Waals surface area (Å²) < 4.78 is 35.2. The maximum atomic E-state index is 13.6. The van der Waals surface area contributed by atoms with Crippen molar-refractivity contribution in [3.8, 4) is 5.88 Å². The van der Waals surface area contributed by atoms with Crippen molar-refractivity contribution >= 4 is 32.5 Å². The van der Waals surface area contributed by atoms with Crippen molar-refractivity contribution in [1.82, 2.24) is 14.7 Å². The van der Waals surface area contributed by atoms with Gasteiger partial charge in [0.1, 0.15) is 0 Å². The van der Waals surface area contributed by atoms with Gasteiger partial charge in [0.15, 0.2) is 0 Å². The van der Waals surface area contributed by atoms with Gasteiger partial charge in [-0.05, 0) is 68.9 Å². The van der Waals surface area contributed by atoms with E-state index in [0.717, 1.165) is 37.3 Å². The molecule has 3 heterocycles. The van der Waals surface area contributed by atoms with Crippen LogP contribution in [-0.4, -0.2) is 44.0 Å². The number of ether oxygens (including phenoxy) is 1. The summed E-state index contributed by atoms with van der Waals surface area (Å²) in [5, 5.41) is 0.479. The van der Waals surface area contributed by atoms with Crippen molar-refractivity contribution in [1.29, 1.82) is 0 Å². The minimum absolute atomic E-state index is 0.0388. The lowest BCUT2D eigenvalue weighted by molar-refractivity contribution is -0.121. The molecule has 2 fully saturated rings. The van der Waals surface area contributed by atoms with Crippen molar-refractivity contribution < 1.29 is 17.9 Å². The Morgan fingerprint density at radius 2 is 1.92 bits per heavy atom. The molecule has 1 aliphatic heterocycles. The molecule has 9 heteroatoms. The number of anilines is 1. The molecule has 0 atom stereocenters. The van der Waals surface area contributed by atoms with Gasteiger partial charge in [0.2, 0.25) is 11.8 Å². The number of aryl methyl sites for hydroxylation is 1. The van der Waals surface area contributed by atoms with Crippen molar-refractivity contribution in [2.75, 3.05) is 24.6 Å². The van der Waals surface area contributed by atoms with Gasteiger partial charge in [-0.25, -0.2) is 18.1 Å². The smallest absolute Gasteiger partial charge is 0.264 e. The third-order valence-electron chi connectivity index (χ3n) is 6.91. The highest BCUT2D eigenvalue weighted by molar-refractivity contribution is 7.90. The molecule has 1 saturated carbocycles. The first kappa shape index (κ1) is 24.5. The van der Waals surface area contributed by atoms with Gasteiger partial charge >= 0.3 is 0 Å². The first-order valence-electron chi connectivity index (χ1n) is 12.5. The van der Waals surface area contributed by atoms with Crippen molar-refractivity contribution in [3.63, 3.8) is 0 Å². The van der Waals surface area contributed by atoms with Crippen LogP contribution in [0.1, 0.15) is 50.8 Å². The number of hydrogen-bond acceptors (Lipinski definition) is 7. The summed E-state index contributed by atoms with van der Waals surface area (Å²) >= 11 is 0. The molecule has 3 aromatic rings. The number of benzene rings is 1. The van der Waals surface area contributed by atoms with Crippen LogP contribution in [0.15, 0.2) is 47.5 Å². The second-order valence-corrected chi connectivity index (χ2v) is 11.9. The third-order valence-corrected chi connectivity index (χ3v) is 8.30. The maximum absolute atomic E-state index is 13.6. The molecule has 190 valence electrons. The Bertz CT molecular complexity index is 1410. The van der Waals surface area contributed by atoms with Gasteiger partial charge in [-0.1, -0.05) is 19.9 Å². The standard InChI is InChI=1S/C27H32N4O4S/c1-18(2)17-35-25-22(15-20(16-28-25)31-13-4-5-14-31)27(11-12-27)26(32)30-36(33,34)24-8-6-7-23-21(24)10-9-19(3)29-23/h6-10,15-16,18H,4-5,11-14,17H2,1-3H3,(H,30,32). The van der Waals surface area contributed by atoms with Crippen LogP contribution in [0, 0.1) is 12.8 Å². The van der Waals surface area contributed by atoms with E-state index in [9.17, 15) is 13.2 Å². The second-order valence-electron chi connectivity index (χ2n) is 10.2. The van der Waals surface area contributed by atoms with Crippen LogP contribution < -0.4 is 14.4 Å². The number of nitrogens with zero attached hydrogens (tertiary/aromatic N) is 3. The number of fused-ring (bicyclic) bond motifs is 1. The normalized spacial score (nSPS) is 16.9. The molecule has 8 nitrogen and oxygen atoms in total. The van der Waals surface area contributed by atoms with Gasteiger partial charge in [0.25, 0.3) is 10.0 Å². The van der Waals surface area contributed by atoms with E-state index in [4.69, 9.17) is 4.74 Å². The fourth-order valence-electron chi connectivity index (χ4n) is 4.77. The summed E-state index contributed by atoms with van der Waals surface area (Å²) in [5.41, 5.74) is 1.98. The van der Waals surface area contributed by atoms with Gasteiger partial charge in [0.05, 0.1) is 34.3 Å². The summed E-state index contributed by atoms with van der Waals surface area (Å²) in [6.07, 6.45) is 5.09. The highest BCUT2D eigenvalue weighted by Gasteiger charge is 2.54. The average Bonchev–Trinajstić information content (AvgIpc) is 3.48. The van der Waals surface area contributed by atoms with Gasteiger partial charge in [0, 0.05) is 29.7 Å². The predicted molar refractivity (Wildman–Crippen MR) is 139 cm³/mol. The quantitative estimate of drug-likeness (QED) is 0.489. The van der Waals surface area contributed by atoms with Gasteiger partial charge in [-0.2, -0.15) is 0 Å². The summed E-state index contributed by atoms with van der Waals surface area (Å²) in [4.78, 5) is 24.9. The molecular weight excluding hydrogens is 476 g/mol. The van der Waals surface area contributed by atoms with E-state index < -0.39 is 21.3 Å². The van der Waals surface area contributed by atoms with Gasteiger partial charge in [-0.15, -0.1) is 0 Å². The molecule has 1 aliphatic carbocycles. The molecule has 1 saturated heterocycles. The molecular formula is C27H32N4O4S. The van der Waals surface area contributed by atoms with E-state index in [-0.39, 0.29) is 10.8 Å². The van der Waals surface area contributed by atoms with Crippen molar-refractivity contribution in [2.45, 2.75) is 56.8 Å². The number of aromatic nitrogens is 2. The highest BCUT2D eigenvalue weighted by Crippen LogP contribution is 2.52. The molecule has 1 amide bonds. The largest absolute Gasteiger partial charge is 0.477 e. The predicted octanol–water partition coefficient (Wildman–Crippen LogP) is 4.11. The van der Waals surface area contributed by atoms with Crippen molar-refractivity contribution in [3.05, 3.63) is 53.9 Å². The van der Waals surface area contributed by atoms with Crippen LogP contribution in [0.2, 0.25) is 0 Å². The highest BCUT2D eigenvalue weighted by atomic mass is 32.2. The van der Waals surface area contributed by atoms with E-state index >= 15 is 0 Å². The van der Waals surface area contributed by atoms with E-state index in [0.29, 0.717) is 41.8 Å². The fraction of sp³-hybridized carbons (Fsp3) is 0.444. The Kier molecular flexibility index (Phi) is 6.36. The number of pyridine rings is 2. The third kappa shape index (κ3) is 4.64. The van der Waals surface area contributed by atoms with Gasteiger partial charge < -0.3 is 9.64 Å². The number of sulfonamides is 1. The summed E-state index contributed by atoms with van der Waals surface area (Å²) in [5.74, 6) is 0.141. The number of amides is 1. The van der Waals surface area contributed by atoms with Crippen LogP contribution in [0.25, 0.3) is 10.9 Å². The fourth-order valence-corrected chi connectivity index (χ4v) is 6.04. The zero-order valence-corrected chi connectivity index (χ0v) is 21.8. The molecule has 0 spiro atoms. The monoisotopic (exact) mass is 508 g/mol. The van der Waals surface area contributed by atoms with Crippen LogP contribution in [0.4, 0.5) is 5.69 Å². The van der Waals surface area contributed by atoms with E-state index in [1.165, 1.54) is 6.07 Å². The summed E-state index contributed by atoms with van der Waals surface area (Å²) in [7, 11) is -4.13. The second kappa shape index (κ2) is 9.35.